The molecule has 0 aliphatic carbocycles. The van der Waals surface area contributed by atoms with Gasteiger partial charge < -0.3 is 14.5 Å². The van der Waals surface area contributed by atoms with Gasteiger partial charge in [0.1, 0.15) is 6.10 Å². The van der Waals surface area contributed by atoms with Crippen LogP contribution in [0.2, 0.25) is 0 Å². The summed E-state index contributed by atoms with van der Waals surface area (Å²) in [6, 6.07) is 18.3. The number of hydrogen-bond donors (Lipinski definition) is 0. The Balaban J connectivity index is 2.24. The van der Waals surface area contributed by atoms with Gasteiger partial charge in [0.15, 0.2) is 0 Å². The maximum Gasteiger partial charge on any atom is 0.108 e. The molecule has 0 unspecified atom stereocenters. The Morgan fingerprint density at radius 3 is 1.11 bits per heavy atom. The van der Waals surface area contributed by atoms with Crippen LogP contribution in [0.5, 0.6) is 0 Å². The number of anilines is 2. The van der Waals surface area contributed by atoms with Crippen LogP contribution >= 0.6 is 0 Å². The normalized spacial score (nSPS) is 11.4. The lowest BCUT2D eigenvalue weighted by Crippen LogP contribution is -2.25. The fourth-order valence-electron chi connectivity index (χ4n) is 4.48. The van der Waals surface area contributed by atoms with Gasteiger partial charge in [0.2, 0.25) is 0 Å². The minimum Gasteiger partial charge on any atom is -0.372 e. The molecule has 3 nitrogen and oxygen atoms in total. The van der Waals surface area contributed by atoms with Crippen molar-refractivity contribution >= 4 is 11.4 Å². The molecule has 196 valence electrons. The first-order valence-corrected chi connectivity index (χ1v) is 14.4. The summed E-state index contributed by atoms with van der Waals surface area (Å²) in [7, 11) is 0. The topological polar surface area (TPSA) is 15.7 Å². The van der Waals surface area contributed by atoms with Crippen LogP contribution < -0.4 is 9.80 Å². The SMILES string of the molecule is CCCCN(CCCC)c1ccc(C(OC(C)C)c2ccc(N(CCCC)CCCC)cc2)cc1. The first-order chi connectivity index (χ1) is 17.0. The predicted octanol–water partition coefficient (Wildman–Crippen LogP) is 9.01. The molecule has 2 aromatic carbocycles. The van der Waals surface area contributed by atoms with Gasteiger partial charge in [-0.25, -0.2) is 0 Å². The second kappa shape index (κ2) is 16.6. The van der Waals surface area contributed by atoms with Crippen molar-refractivity contribution in [2.75, 3.05) is 36.0 Å². The molecular formula is C32H52N2O. The quantitative estimate of drug-likeness (QED) is 0.212. The smallest absolute Gasteiger partial charge is 0.108 e. The average Bonchev–Trinajstić information content (AvgIpc) is 2.88. The molecule has 0 saturated carbocycles. The van der Waals surface area contributed by atoms with Crippen LogP contribution in [0.4, 0.5) is 11.4 Å². The zero-order valence-corrected chi connectivity index (χ0v) is 23.6. The third-order valence-corrected chi connectivity index (χ3v) is 6.66. The number of ether oxygens (including phenoxy) is 1. The molecule has 2 rings (SSSR count). The highest BCUT2D eigenvalue weighted by atomic mass is 16.5. The van der Waals surface area contributed by atoms with E-state index in [0.29, 0.717) is 0 Å². The number of unbranched alkanes of at least 4 members (excludes halogenated alkanes) is 4. The van der Waals surface area contributed by atoms with E-state index in [2.05, 4.69) is 99.9 Å². The third-order valence-electron chi connectivity index (χ3n) is 6.66. The molecule has 3 heteroatoms. The minimum absolute atomic E-state index is 0.0439. The van der Waals surface area contributed by atoms with Crippen molar-refractivity contribution in [3.05, 3.63) is 59.7 Å². The van der Waals surface area contributed by atoms with Gasteiger partial charge in [-0.05, 0) is 74.9 Å². The number of nitrogens with zero attached hydrogens (tertiary/aromatic N) is 2. The van der Waals surface area contributed by atoms with Crippen molar-refractivity contribution in [1.29, 1.82) is 0 Å². The second-order valence-corrected chi connectivity index (χ2v) is 10.1. The summed E-state index contributed by atoms with van der Waals surface area (Å²) >= 11 is 0. The van der Waals surface area contributed by atoms with Gasteiger partial charge in [-0.2, -0.15) is 0 Å². The van der Waals surface area contributed by atoms with Crippen molar-refractivity contribution in [1.82, 2.24) is 0 Å². The van der Waals surface area contributed by atoms with Crippen LogP contribution in [0.1, 0.15) is 110 Å². The van der Waals surface area contributed by atoms with Gasteiger partial charge >= 0.3 is 0 Å². The molecule has 0 spiro atoms. The third kappa shape index (κ3) is 9.88. The first-order valence-electron chi connectivity index (χ1n) is 14.4. The molecule has 35 heavy (non-hydrogen) atoms. The van der Waals surface area contributed by atoms with Crippen LogP contribution in [0.15, 0.2) is 48.5 Å². The Morgan fingerprint density at radius 1 is 0.543 bits per heavy atom. The number of hydrogen-bond acceptors (Lipinski definition) is 3. The monoisotopic (exact) mass is 480 g/mol. The van der Waals surface area contributed by atoms with E-state index in [1.165, 1.54) is 73.9 Å². The van der Waals surface area contributed by atoms with Crippen molar-refractivity contribution in [3.63, 3.8) is 0 Å². The summed E-state index contributed by atoms with van der Waals surface area (Å²) in [6.07, 6.45) is 10.0. The Kier molecular flexibility index (Phi) is 13.9. The first kappa shape index (κ1) is 29.2. The number of benzene rings is 2. The molecule has 0 fully saturated rings. The Morgan fingerprint density at radius 2 is 0.857 bits per heavy atom. The highest BCUT2D eigenvalue weighted by Gasteiger charge is 2.18. The lowest BCUT2D eigenvalue weighted by molar-refractivity contribution is 0.0304. The molecule has 0 aromatic heterocycles. The molecule has 0 aliphatic rings. The lowest BCUT2D eigenvalue weighted by atomic mass is 10.00. The zero-order valence-electron chi connectivity index (χ0n) is 23.6. The number of rotatable bonds is 18. The van der Waals surface area contributed by atoms with Crippen LogP contribution in [0.25, 0.3) is 0 Å². The molecule has 0 aliphatic heterocycles. The van der Waals surface area contributed by atoms with Gasteiger partial charge in [0.25, 0.3) is 0 Å². The highest BCUT2D eigenvalue weighted by molar-refractivity contribution is 5.51. The van der Waals surface area contributed by atoms with Crippen molar-refractivity contribution < 1.29 is 4.74 Å². The summed E-state index contributed by atoms with van der Waals surface area (Å²) in [5.74, 6) is 0. The Labute approximate surface area is 216 Å². The van der Waals surface area contributed by atoms with Crippen molar-refractivity contribution in [2.24, 2.45) is 0 Å². The van der Waals surface area contributed by atoms with E-state index in [0.717, 1.165) is 26.2 Å². The summed E-state index contributed by atoms with van der Waals surface area (Å²) in [4.78, 5) is 5.09. The molecule has 2 aromatic rings. The van der Waals surface area contributed by atoms with Crippen LogP contribution in [-0.4, -0.2) is 32.3 Å². The van der Waals surface area contributed by atoms with Crippen LogP contribution in [0, 0.1) is 0 Å². The van der Waals surface area contributed by atoms with E-state index in [1.54, 1.807) is 0 Å². The molecule has 0 N–H and O–H groups in total. The van der Waals surface area contributed by atoms with E-state index in [1.807, 2.05) is 0 Å². The average molecular weight is 481 g/mol. The Bertz CT molecular complexity index is 705. The highest BCUT2D eigenvalue weighted by Crippen LogP contribution is 2.31. The van der Waals surface area contributed by atoms with Gasteiger partial charge in [-0.1, -0.05) is 77.6 Å². The van der Waals surface area contributed by atoms with Crippen LogP contribution in [-0.2, 0) is 4.74 Å². The molecule has 0 amide bonds. The summed E-state index contributed by atoms with van der Waals surface area (Å²) in [5, 5.41) is 0. The fraction of sp³-hybridized carbons (Fsp3) is 0.625. The molecule has 0 radical (unpaired) electrons. The maximum absolute atomic E-state index is 6.46. The van der Waals surface area contributed by atoms with Gasteiger partial charge in [0.05, 0.1) is 6.10 Å². The van der Waals surface area contributed by atoms with E-state index in [-0.39, 0.29) is 12.2 Å². The second-order valence-electron chi connectivity index (χ2n) is 10.1. The summed E-state index contributed by atoms with van der Waals surface area (Å²) in [5.41, 5.74) is 5.12. The van der Waals surface area contributed by atoms with Gasteiger partial charge in [0, 0.05) is 37.6 Å². The largest absolute Gasteiger partial charge is 0.372 e. The Hall–Kier alpha value is -2.00. The van der Waals surface area contributed by atoms with Crippen molar-refractivity contribution in [2.45, 2.75) is 105 Å². The zero-order chi connectivity index (χ0) is 25.5. The van der Waals surface area contributed by atoms with Gasteiger partial charge in [-0.15, -0.1) is 0 Å². The molecule has 0 bridgehead atoms. The lowest BCUT2D eigenvalue weighted by Gasteiger charge is -2.27. The molecule has 0 heterocycles. The molecule has 0 atom stereocenters. The van der Waals surface area contributed by atoms with Crippen LogP contribution in [0.3, 0.4) is 0 Å². The van der Waals surface area contributed by atoms with E-state index >= 15 is 0 Å². The van der Waals surface area contributed by atoms with E-state index < -0.39 is 0 Å². The van der Waals surface area contributed by atoms with E-state index in [9.17, 15) is 0 Å². The minimum atomic E-state index is -0.0439. The predicted molar refractivity (Wildman–Crippen MR) is 155 cm³/mol. The van der Waals surface area contributed by atoms with Crippen molar-refractivity contribution in [3.8, 4) is 0 Å². The standard InChI is InChI=1S/C32H52N2O/c1-7-11-23-33(24-12-8-2)30-19-15-28(16-20-30)32(35-27(5)6)29-17-21-31(22-18-29)34(25-13-9-3)26-14-10-4/h15-22,27,32H,7-14,23-26H2,1-6H3. The van der Waals surface area contributed by atoms with Gasteiger partial charge in [-0.3, -0.25) is 0 Å². The molecule has 0 saturated heterocycles. The van der Waals surface area contributed by atoms with E-state index in [4.69, 9.17) is 4.74 Å². The summed E-state index contributed by atoms with van der Waals surface area (Å²) in [6.45, 7) is 17.9. The maximum atomic E-state index is 6.46. The summed E-state index contributed by atoms with van der Waals surface area (Å²) < 4.78 is 6.46. The fourth-order valence-corrected chi connectivity index (χ4v) is 4.48. The molecular weight excluding hydrogens is 428 g/mol.